The Balaban J connectivity index is 0.00000180. The Morgan fingerprint density at radius 3 is 2.84 bits per heavy atom. The second-order valence-corrected chi connectivity index (χ2v) is 5.66. The van der Waals surface area contributed by atoms with Crippen LogP contribution in [0.15, 0.2) is 16.6 Å². The second kappa shape index (κ2) is 6.88. The van der Waals surface area contributed by atoms with Crippen LogP contribution >= 0.6 is 39.9 Å². The highest BCUT2D eigenvalue weighted by atomic mass is 79.9. The van der Waals surface area contributed by atoms with E-state index in [1.807, 2.05) is 0 Å². The van der Waals surface area contributed by atoms with Crippen LogP contribution in [0, 0.1) is 5.82 Å². The first-order valence-electron chi connectivity index (χ1n) is 5.68. The molecule has 0 bridgehead atoms. The van der Waals surface area contributed by atoms with Crippen molar-refractivity contribution in [3.05, 3.63) is 33.0 Å². The van der Waals surface area contributed by atoms with Gasteiger partial charge in [-0.05, 0) is 40.9 Å². The summed E-state index contributed by atoms with van der Waals surface area (Å²) in [5.74, 6) is -0.938. The molecule has 0 spiro atoms. The first-order valence-corrected chi connectivity index (χ1v) is 6.85. The Morgan fingerprint density at radius 1 is 1.53 bits per heavy atom. The quantitative estimate of drug-likeness (QED) is 0.770. The molecule has 1 atom stereocenters. The van der Waals surface area contributed by atoms with Crippen LogP contribution < -0.4 is 5.73 Å². The smallest absolute Gasteiger partial charge is 0.256 e. The maximum atomic E-state index is 13.7. The predicted octanol–water partition coefficient (Wildman–Crippen LogP) is 3.23. The fourth-order valence-electron chi connectivity index (χ4n) is 2.05. The van der Waals surface area contributed by atoms with Gasteiger partial charge in [0.15, 0.2) is 0 Å². The van der Waals surface area contributed by atoms with Gasteiger partial charge in [-0.2, -0.15) is 0 Å². The monoisotopic (exact) mass is 370 g/mol. The van der Waals surface area contributed by atoms with Crippen LogP contribution in [-0.2, 0) is 0 Å². The number of nitrogens with two attached hydrogens (primary N) is 1. The molecule has 19 heavy (non-hydrogen) atoms. The highest BCUT2D eigenvalue weighted by molar-refractivity contribution is 9.10. The van der Waals surface area contributed by atoms with Crippen molar-refractivity contribution >= 4 is 45.8 Å². The van der Waals surface area contributed by atoms with Crippen LogP contribution in [0.1, 0.15) is 23.2 Å². The normalized spacial score (nSPS) is 18.9. The molecule has 2 N–H and O–H groups in total. The van der Waals surface area contributed by atoms with Gasteiger partial charge >= 0.3 is 0 Å². The molecule has 1 aliphatic heterocycles. The topological polar surface area (TPSA) is 46.3 Å². The van der Waals surface area contributed by atoms with Crippen molar-refractivity contribution < 1.29 is 9.18 Å². The Morgan fingerprint density at radius 2 is 2.21 bits per heavy atom. The van der Waals surface area contributed by atoms with Crippen molar-refractivity contribution in [2.24, 2.45) is 5.73 Å². The minimum Gasteiger partial charge on any atom is -0.337 e. The van der Waals surface area contributed by atoms with Crippen LogP contribution in [-0.4, -0.2) is 29.9 Å². The highest BCUT2D eigenvalue weighted by Crippen LogP contribution is 2.26. The number of likely N-dealkylation sites (tertiary alicyclic amines) is 1. The molecule has 1 aromatic rings. The summed E-state index contributed by atoms with van der Waals surface area (Å²) in [6.45, 7) is 1.09. The molecule has 1 heterocycles. The SMILES string of the molecule is Cl.N[C@@H]1CCCN(C(=O)c2cc(Br)c(Cl)cc2F)C1. The molecular formula is C12H14BrCl2FN2O. The van der Waals surface area contributed by atoms with Crippen molar-refractivity contribution in [1.82, 2.24) is 4.90 Å². The molecule has 0 unspecified atom stereocenters. The van der Waals surface area contributed by atoms with Gasteiger partial charge in [-0.15, -0.1) is 12.4 Å². The van der Waals surface area contributed by atoms with E-state index in [-0.39, 0.29) is 34.9 Å². The third kappa shape index (κ3) is 3.81. The Bertz CT molecular complexity index is 487. The molecule has 106 valence electrons. The zero-order chi connectivity index (χ0) is 13.3. The molecule has 7 heteroatoms. The number of halogens is 4. The van der Waals surface area contributed by atoms with Gasteiger partial charge in [0.05, 0.1) is 10.6 Å². The molecule has 1 aromatic carbocycles. The molecule has 0 aromatic heterocycles. The van der Waals surface area contributed by atoms with E-state index in [0.29, 0.717) is 17.6 Å². The zero-order valence-electron chi connectivity index (χ0n) is 10.0. The summed E-state index contributed by atoms with van der Waals surface area (Å²) >= 11 is 8.96. The maximum absolute atomic E-state index is 13.7. The number of benzene rings is 1. The molecule has 1 saturated heterocycles. The van der Waals surface area contributed by atoms with Crippen molar-refractivity contribution in [3.8, 4) is 0 Å². The van der Waals surface area contributed by atoms with Crippen molar-refractivity contribution in [2.45, 2.75) is 18.9 Å². The summed E-state index contributed by atoms with van der Waals surface area (Å²) in [5, 5.41) is 0.249. The third-order valence-corrected chi connectivity index (χ3v) is 4.18. The fourth-order valence-corrected chi connectivity index (χ4v) is 2.54. The Hall–Kier alpha value is -0.360. The first-order chi connectivity index (χ1) is 8.49. The number of hydrogen-bond acceptors (Lipinski definition) is 2. The molecular weight excluding hydrogens is 358 g/mol. The molecule has 1 aliphatic rings. The standard InChI is InChI=1S/C12H13BrClFN2O.ClH/c13-9-4-8(11(15)5-10(9)14)12(18)17-3-1-2-7(16)6-17;/h4-5,7H,1-3,6,16H2;1H/t7-;/m1./s1. The molecule has 1 amide bonds. The lowest BCUT2D eigenvalue weighted by molar-refractivity contribution is 0.0704. The van der Waals surface area contributed by atoms with Gasteiger partial charge in [-0.3, -0.25) is 4.79 Å². The predicted molar refractivity (Wildman–Crippen MR) is 79.5 cm³/mol. The van der Waals surface area contributed by atoms with Gasteiger partial charge in [-0.25, -0.2) is 4.39 Å². The van der Waals surface area contributed by atoms with E-state index in [2.05, 4.69) is 15.9 Å². The van der Waals surface area contributed by atoms with Gasteiger partial charge in [-0.1, -0.05) is 11.6 Å². The van der Waals surface area contributed by atoms with Crippen LogP contribution in [0.25, 0.3) is 0 Å². The number of carbonyl (C=O) groups is 1. The lowest BCUT2D eigenvalue weighted by Gasteiger charge is -2.31. The minimum absolute atomic E-state index is 0. The van der Waals surface area contributed by atoms with Gasteiger partial charge < -0.3 is 10.6 Å². The molecule has 2 rings (SSSR count). The summed E-state index contributed by atoms with van der Waals surface area (Å²) < 4.78 is 14.3. The zero-order valence-corrected chi connectivity index (χ0v) is 13.2. The summed E-state index contributed by atoms with van der Waals surface area (Å²) in [6, 6.07) is 2.53. The molecule has 0 radical (unpaired) electrons. The van der Waals surface area contributed by atoms with E-state index in [9.17, 15) is 9.18 Å². The van der Waals surface area contributed by atoms with Gasteiger partial charge in [0.25, 0.3) is 5.91 Å². The van der Waals surface area contributed by atoms with Crippen molar-refractivity contribution in [3.63, 3.8) is 0 Å². The fraction of sp³-hybridized carbons (Fsp3) is 0.417. The van der Waals surface area contributed by atoms with Gasteiger partial charge in [0.2, 0.25) is 0 Å². The van der Waals surface area contributed by atoms with Gasteiger partial charge in [0.1, 0.15) is 5.82 Å². The van der Waals surface area contributed by atoms with Crippen molar-refractivity contribution in [2.75, 3.05) is 13.1 Å². The number of carbonyl (C=O) groups excluding carboxylic acids is 1. The molecule has 1 fully saturated rings. The van der Waals surface area contributed by atoms with E-state index < -0.39 is 5.82 Å². The maximum Gasteiger partial charge on any atom is 0.256 e. The number of rotatable bonds is 1. The number of nitrogens with zero attached hydrogens (tertiary/aromatic N) is 1. The van der Waals surface area contributed by atoms with E-state index in [4.69, 9.17) is 17.3 Å². The first kappa shape index (κ1) is 16.7. The van der Waals surface area contributed by atoms with E-state index in [1.165, 1.54) is 6.07 Å². The highest BCUT2D eigenvalue weighted by Gasteiger charge is 2.25. The molecule has 0 saturated carbocycles. The average Bonchev–Trinajstić information content (AvgIpc) is 2.33. The summed E-state index contributed by atoms with van der Waals surface area (Å²) in [7, 11) is 0. The average molecular weight is 372 g/mol. The third-order valence-electron chi connectivity index (χ3n) is 2.99. The summed E-state index contributed by atoms with van der Waals surface area (Å²) in [5.41, 5.74) is 5.84. The van der Waals surface area contributed by atoms with E-state index in [0.717, 1.165) is 18.9 Å². The second-order valence-electron chi connectivity index (χ2n) is 4.40. The minimum atomic E-state index is -0.604. The Kier molecular flexibility index (Phi) is 6.05. The van der Waals surface area contributed by atoms with Crippen molar-refractivity contribution in [1.29, 1.82) is 0 Å². The van der Waals surface area contributed by atoms with E-state index >= 15 is 0 Å². The lowest BCUT2D eigenvalue weighted by atomic mass is 10.1. The molecule has 0 aliphatic carbocycles. The largest absolute Gasteiger partial charge is 0.337 e. The lowest BCUT2D eigenvalue weighted by Crippen LogP contribution is -2.45. The van der Waals surface area contributed by atoms with Gasteiger partial charge in [0, 0.05) is 23.6 Å². The van der Waals surface area contributed by atoms with Crippen LogP contribution in [0.2, 0.25) is 5.02 Å². The van der Waals surface area contributed by atoms with Crippen LogP contribution in [0.4, 0.5) is 4.39 Å². The van der Waals surface area contributed by atoms with E-state index in [1.54, 1.807) is 4.90 Å². The number of hydrogen-bond donors (Lipinski definition) is 1. The van der Waals surface area contributed by atoms with Crippen LogP contribution in [0.3, 0.4) is 0 Å². The van der Waals surface area contributed by atoms with Crippen LogP contribution in [0.5, 0.6) is 0 Å². The number of piperidine rings is 1. The number of amides is 1. The Labute approximate surface area is 130 Å². The molecule has 3 nitrogen and oxygen atoms in total. The summed E-state index contributed by atoms with van der Waals surface area (Å²) in [4.78, 5) is 13.8. The summed E-state index contributed by atoms with van der Waals surface area (Å²) in [6.07, 6.45) is 1.75.